The van der Waals surface area contributed by atoms with Crippen molar-refractivity contribution >= 4 is 0 Å². The zero-order valence-electron chi connectivity index (χ0n) is 10.7. The summed E-state index contributed by atoms with van der Waals surface area (Å²) in [5.41, 5.74) is 4.98. The van der Waals surface area contributed by atoms with Crippen molar-refractivity contribution in [1.82, 2.24) is 15.1 Å². The summed E-state index contributed by atoms with van der Waals surface area (Å²) in [6.45, 7) is 6.09. The van der Waals surface area contributed by atoms with Crippen LogP contribution >= 0.6 is 0 Å². The molecule has 0 unspecified atom stereocenters. The van der Waals surface area contributed by atoms with Crippen LogP contribution in [0.5, 0.6) is 0 Å². The second-order valence-electron chi connectivity index (χ2n) is 4.34. The van der Waals surface area contributed by atoms with E-state index in [-0.39, 0.29) is 0 Å². The van der Waals surface area contributed by atoms with Crippen LogP contribution in [0.2, 0.25) is 0 Å². The zero-order valence-corrected chi connectivity index (χ0v) is 10.7. The van der Waals surface area contributed by atoms with E-state index in [2.05, 4.69) is 48.5 Å². The van der Waals surface area contributed by atoms with Crippen LogP contribution in [-0.4, -0.2) is 23.4 Å². The molecule has 2 aromatic rings. The number of hydrogen-bond donors (Lipinski definition) is 1. The van der Waals surface area contributed by atoms with Gasteiger partial charge in [-0.05, 0) is 26.5 Å². The van der Waals surface area contributed by atoms with E-state index >= 15 is 0 Å². The molecule has 90 valence electrons. The van der Waals surface area contributed by atoms with Crippen molar-refractivity contribution in [1.29, 1.82) is 0 Å². The summed E-state index contributed by atoms with van der Waals surface area (Å²) in [5, 5.41) is 7.58. The van der Waals surface area contributed by atoms with Crippen LogP contribution in [0.25, 0.3) is 11.1 Å². The molecule has 2 rings (SSSR count). The van der Waals surface area contributed by atoms with Gasteiger partial charge in [-0.2, -0.15) is 5.10 Å². The number of rotatable bonds is 4. The smallest absolute Gasteiger partial charge is 0.0571 e. The summed E-state index contributed by atoms with van der Waals surface area (Å²) >= 11 is 0. The molecule has 3 nitrogen and oxygen atoms in total. The molecule has 0 aliphatic heterocycles. The Morgan fingerprint density at radius 2 is 2.12 bits per heavy atom. The number of aryl methyl sites for hydroxylation is 1. The van der Waals surface area contributed by atoms with E-state index in [1.165, 1.54) is 22.4 Å². The molecule has 3 heteroatoms. The Labute approximate surface area is 102 Å². The highest BCUT2D eigenvalue weighted by atomic mass is 15.3. The number of likely N-dealkylation sites (N-methyl/N-ethyl adjacent to an activating group) is 1. The van der Waals surface area contributed by atoms with Crippen LogP contribution in [0, 0.1) is 13.8 Å². The number of nitrogens with one attached hydrogen (secondary N) is 1. The Balaban J connectivity index is 2.30. The lowest BCUT2D eigenvalue weighted by atomic mass is 10.0. The van der Waals surface area contributed by atoms with Crippen molar-refractivity contribution in [3.8, 4) is 11.1 Å². The van der Waals surface area contributed by atoms with Crippen LogP contribution in [0.4, 0.5) is 0 Å². The molecule has 0 bridgehead atoms. The number of hydrogen-bond acceptors (Lipinski definition) is 2. The maximum Gasteiger partial charge on any atom is 0.0571 e. The van der Waals surface area contributed by atoms with Crippen molar-refractivity contribution in [2.45, 2.75) is 20.4 Å². The highest BCUT2D eigenvalue weighted by Gasteiger charge is 2.07. The fourth-order valence-electron chi connectivity index (χ4n) is 1.99. The molecule has 0 fully saturated rings. The van der Waals surface area contributed by atoms with Gasteiger partial charge in [0.1, 0.15) is 0 Å². The molecule has 17 heavy (non-hydrogen) atoms. The normalized spacial score (nSPS) is 10.8. The third kappa shape index (κ3) is 2.56. The second-order valence-corrected chi connectivity index (χ2v) is 4.34. The van der Waals surface area contributed by atoms with Gasteiger partial charge in [0.05, 0.1) is 12.7 Å². The largest absolute Gasteiger partial charge is 0.318 e. The minimum absolute atomic E-state index is 0.911. The van der Waals surface area contributed by atoms with Gasteiger partial charge < -0.3 is 5.32 Å². The molecule has 1 N–H and O–H groups in total. The monoisotopic (exact) mass is 229 g/mol. The average molecular weight is 229 g/mol. The summed E-state index contributed by atoms with van der Waals surface area (Å²) in [5.74, 6) is 0. The Bertz CT molecular complexity index is 500. The van der Waals surface area contributed by atoms with Gasteiger partial charge in [-0.15, -0.1) is 0 Å². The van der Waals surface area contributed by atoms with Gasteiger partial charge >= 0.3 is 0 Å². The molecular formula is C14H19N3. The standard InChI is InChI=1S/C14H19N3/c1-11-5-4-6-13(9-11)14-10-16-17(12(14)2)8-7-15-3/h4-6,9-10,15H,7-8H2,1-3H3. The first-order valence-electron chi connectivity index (χ1n) is 5.96. The lowest BCUT2D eigenvalue weighted by Gasteiger charge is -2.05. The van der Waals surface area contributed by atoms with Crippen molar-refractivity contribution in [3.63, 3.8) is 0 Å². The first-order valence-corrected chi connectivity index (χ1v) is 5.96. The molecule has 0 spiro atoms. The Morgan fingerprint density at radius 1 is 1.29 bits per heavy atom. The van der Waals surface area contributed by atoms with E-state index in [4.69, 9.17) is 0 Å². The van der Waals surface area contributed by atoms with E-state index in [1.54, 1.807) is 0 Å². The first-order chi connectivity index (χ1) is 8.22. The van der Waals surface area contributed by atoms with Crippen LogP contribution < -0.4 is 5.32 Å². The summed E-state index contributed by atoms with van der Waals surface area (Å²) in [7, 11) is 1.96. The van der Waals surface area contributed by atoms with E-state index in [9.17, 15) is 0 Å². The van der Waals surface area contributed by atoms with Gasteiger partial charge in [-0.25, -0.2) is 0 Å². The molecule has 0 atom stereocenters. The SMILES string of the molecule is CNCCn1ncc(-c2cccc(C)c2)c1C. The van der Waals surface area contributed by atoms with Gasteiger partial charge in [0.25, 0.3) is 0 Å². The molecule has 0 amide bonds. The van der Waals surface area contributed by atoms with Gasteiger partial charge in [-0.3, -0.25) is 4.68 Å². The highest BCUT2D eigenvalue weighted by Crippen LogP contribution is 2.23. The predicted octanol–water partition coefficient (Wildman–Crippen LogP) is 2.39. The van der Waals surface area contributed by atoms with Crippen molar-refractivity contribution in [2.75, 3.05) is 13.6 Å². The summed E-state index contributed by atoms with van der Waals surface area (Å²) in [6.07, 6.45) is 1.96. The summed E-state index contributed by atoms with van der Waals surface area (Å²) < 4.78 is 2.05. The van der Waals surface area contributed by atoms with Gasteiger partial charge in [0.2, 0.25) is 0 Å². The van der Waals surface area contributed by atoms with Crippen LogP contribution in [-0.2, 0) is 6.54 Å². The summed E-state index contributed by atoms with van der Waals surface area (Å²) in [6, 6.07) is 8.55. The molecule has 0 aliphatic carbocycles. The maximum absolute atomic E-state index is 4.44. The van der Waals surface area contributed by atoms with E-state index in [0.29, 0.717) is 0 Å². The van der Waals surface area contributed by atoms with Crippen LogP contribution in [0.15, 0.2) is 30.5 Å². The molecule has 0 saturated carbocycles. The topological polar surface area (TPSA) is 29.9 Å². The maximum atomic E-state index is 4.44. The van der Waals surface area contributed by atoms with Gasteiger partial charge in [0, 0.05) is 17.8 Å². The van der Waals surface area contributed by atoms with Crippen molar-refractivity contribution in [2.24, 2.45) is 0 Å². The van der Waals surface area contributed by atoms with Crippen LogP contribution in [0.3, 0.4) is 0 Å². The fourth-order valence-corrected chi connectivity index (χ4v) is 1.99. The third-order valence-corrected chi connectivity index (χ3v) is 3.01. The zero-order chi connectivity index (χ0) is 12.3. The van der Waals surface area contributed by atoms with Gasteiger partial charge in [-0.1, -0.05) is 29.8 Å². The van der Waals surface area contributed by atoms with E-state index in [0.717, 1.165) is 13.1 Å². The van der Waals surface area contributed by atoms with Crippen molar-refractivity contribution < 1.29 is 0 Å². The molecule has 1 heterocycles. The number of aromatic nitrogens is 2. The summed E-state index contributed by atoms with van der Waals surface area (Å²) in [4.78, 5) is 0. The lowest BCUT2D eigenvalue weighted by Crippen LogP contribution is -2.16. The molecule has 1 aromatic carbocycles. The van der Waals surface area contributed by atoms with Crippen LogP contribution in [0.1, 0.15) is 11.3 Å². The van der Waals surface area contributed by atoms with Gasteiger partial charge in [0.15, 0.2) is 0 Å². The average Bonchev–Trinajstić information content (AvgIpc) is 2.68. The molecule has 0 radical (unpaired) electrons. The Kier molecular flexibility index (Phi) is 3.59. The number of nitrogens with zero attached hydrogens (tertiary/aromatic N) is 2. The molecule has 1 aromatic heterocycles. The molecule has 0 saturated heterocycles. The van der Waals surface area contributed by atoms with Crippen molar-refractivity contribution in [3.05, 3.63) is 41.7 Å². The highest BCUT2D eigenvalue weighted by molar-refractivity contribution is 5.65. The predicted molar refractivity (Wildman–Crippen MR) is 71.1 cm³/mol. The lowest BCUT2D eigenvalue weighted by molar-refractivity contribution is 0.572. The van der Waals surface area contributed by atoms with E-state index < -0.39 is 0 Å². The first kappa shape index (κ1) is 11.9. The minimum Gasteiger partial charge on any atom is -0.318 e. The third-order valence-electron chi connectivity index (χ3n) is 3.01. The Morgan fingerprint density at radius 3 is 2.82 bits per heavy atom. The van der Waals surface area contributed by atoms with E-state index in [1.807, 2.05) is 17.9 Å². The second kappa shape index (κ2) is 5.15. The quantitative estimate of drug-likeness (QED) is 0.872. The minimum atomic E-state index is 0.911. The Hall–Kier alpha value is -1.61. The fraction of sp³-hybridized carbons (Fsp3) is 0.357. The molecule has 0 aliphatic rings. The number of benzene rings is 1. The molecular weight excluding hydrogens is 210 g/mol.